The second-order valence-electron chi connectivity index (χ2n) is 3.85. The van der Waals surface area contributed by atoms with Crippen molar-refractivity contribution in [3.05, 3.63) is 36.5 Å². The normalized spacial score (nSPS) is 10.6. The van der Waals surface area contributed by atoms with Crippen molar-refractivity contribution < 1.29 is 0 Å². The van der Waals surface area contributed by atoms with Crippen molar-refractivity contribution in [3.8, 4) is 11.3 Å². The summed E-state index contributed by atoms with van der Waals surface area (Å²) in [6.45, 7) is 4.26. The molecule has 0 aliphatic rings. The van der Waals surface area contributed by atoms with Crippen LogP contribution < -0.4 is 5.32 Å². The summed E-state index contributed by atoms with van der Waals surface area (Å²) >= 11 is 0. The molecule has 0 amide bonds. The Morgan fingerprint density at radius 1 is 1.27 bits per heavy atom. The molecule has 2 N–H and O–H groups in total. The number of hydrogen-bond acceptors (Lipinski definition) is 2. The van der Waals surface area contributed by atoms with E-state index in [2.05, 4.69) is 47.6 Å². The zero-order valence-corrected chi connectivity index (χ0v) is 8.99. The van der Waals surface area contributed by atoms with Crippen LogP contribution in [0.2, 0.25) is 0 Å². The molecule has 3 nitrogen and oxygen atoms in total. The summed E-state index contributed by atoms with van der Waals surface area (Å²) in [4.78, 5) is 0. The molecule has 78 valence electrons. The zero-order chi connectivity index (χ0) is 10.7. The van der Waals surface area contributed by atoms with Crippen LogP contribution in [0.1, 0.15) is 13.8 Å². The van der Waals surface area contributed by atoms with Gasteiger partial charge in [0.25, 0.3) is 0 Å². The molecule has 2 aromatic rings. The lowest BCUT2D eigenvalue weighted by atomic mass is 10.1. The van der Waals surface area contributed by atoms with Gasteiger partial charge in [-0.15, -0.1) is 0 Å². The summed E-state index contributed by atoms with van der Waals surface area (Å²) in [5, 5.41) is 10.3. The SMILES string of the molecule is CC(C)Nc1cccc(-c2ccn[nH]2)c1. The Labute approximate surface area is 89.5 Å². The second-order valence-corrected chi connectivity index (χ2v) is 3.85. The molecule has 15 heavy (non-hydrogen) atoms. The molecular formula is C12H15N3. The van der Waals surface area contributed by atoms with Crippen LogP contribution in [0.5, 0.6) is 0 Å². The minimum atomic E-state index is 0.446. The molecule has 1 aromatic heterocycles. The molecule has 0 saturated carbocycles. The quantitative estimate of drug-likeness (QED) is 0.801. The average molecular weight is 201 g/mol. The number of anilines is 1. The highest BCUT2D eigenvalue weighted by Gasteiger charge is 2.00. The Morgan fingerprint density at radius 3 is 2.80 bits per heavy atom. The van der Waals surface area contributed by atoms with Gasteiger partial charge in [-0.05, 0) is 32.0 Å². The van der Waals surface area contributed by atoms with Crippen LogP contribution in [0.25, 0.3) is 11.3 Å². The number of nitrogens with one attached hydrogen (secondary N) is 2. The Morgan fingerprint density at radius 2 is 2.13 bits per heavy atom. The highest BCUT2D eigenvalue weighted by molar-refractivity contribution is 5.64. The minimum Gasteiger partial charge on any atom is -0.383 e. The number of rotatable bonds is 3. The van der Waals surface area contributed by atoms with E-state index < -0.39 is 0 Å². The van der Waals surface area contributed by atoms with Crippen LogP contribution in [0.4, 0.5) is 5.69 Å². The first kappa shape index (κ1) is 9.77. The van der Waals surface area contributed by atoms with Crippen LogP contribution in [0.3, 0.4) is 0 Å². The van der Waals surface area contributed by atoms with Gasteiger partial charge in [0, 0.05) is 23.5 Å². The number of H-pyrrole nitrogens is 1. The molecule has 1 aromatic carbocycles. The summed E-state index contributed by atoms with van der Waals surface area (Å²) in [6.07, 6.45) is 1.76. The maximum absolute atomic E-state index is 3.94. The number of aromatic amines is 1. The van der Waals surface area contributed by atoms with Gasteiger partial charge in [0.15, 0.2) is 0 Å². The third-order valence-electron chi connectivity index (χ3n) is 2.13. The first-order valence-electron chi connectivity index (χ1n) is 5.12. The largest absolute Gasteiger partial charge is 0.383 e. The standard InChI is InChI=1S/C12H15N3/c1-9(2)14-11-5-3-4-10(8-11)12-6-7-13-15-12/h3-9,14H,1-2H3,(H,13,15). The molecule has 0 aliphatic carbocycles. The molecule has 2 rings (SSSR count). The Bertz CT molecular complexity index is 418. The zero-order valence-electron chi connectivity index (χ0n) is 8.99. The van der Waals surface area contributed by atoms with E-state index in [0.717, 1.165) is 16.9 Å². The van der Waals surface area contributed by atoms with E-state index in [1.54, 1.807) is 6.20 Å². The van der Waals surface area contributed by atoms with E-state index in [9.17, 15) is 0 Å². The molecular weight excluding hydrogens is 186 g/mol. The molecule has 0 aliphatic heterocycles. The molecule has 0 unspecified atom stereocenters. The maximum atomic E-state index is 3.94. The minimum absolute atomic E-state index is 0.446. The van der Waals surface area contributed by atoms with Gasteiger partial charge < -0.3 is 5.32 Å². The number of hydrogen-bond donors (Lipinski definition) is 2. The van der Waals surface area contributed by atoms with E-state index in [0.29, 0.717) is 6.04 Å². The average Bonchev–Trinajstić information content (AvgIpc) is 2.69. The van der Waals surface area contributed by atoms with Crippen molar-refractivity contribution in [2.45, 2.75) is 19.9 Å². The van der Waals surface area contributed by atoms with Crippen molar-refractivity contribution >= 4 is 5.69 Å². The Hall–Kier alpha value is -1.77. The van der Waals surface area contributed by atoms with Gasteiger partial charge in [-0.1, -0.05) is 12.1 Å². The Kier molecular flexibility index (Phi) is 2.72. The van der Waals surface area contributed by atoms with Crippen molar-refractivity contribution in [1.29, 1.82) is 0 Å². The van der Waals surface area contributed by atoms with Gasteiger partial charge in [0.1, 0.15) is 0 Å². The van der Waals surface area contributed by atoms with E-state index >= 15 is 0 Å². The van der Waals surface area contributed by atoms with E-state index in [-0.39, 0.29) is 0 Å². The first-order chi connectivity index (χ1) is 7.25. The topological polar surface area (TPSA) is 40.7 Å². The fourth-order valence-electron chi connectivity index (χ4n) is 1.53. The number of aromatic nitrogens is 2. The summed E-state index contributed by atoms with van der Waals surface area (Å²) in [5.74, 6) is 0. The molecule has 0 saturated heterocycles. The lowest BCUT2D eigenvalue weighted by Crippen LogP contribution is -2.09. The van der Waals surface area contributed by atoms with Crippen molar-refractivity contribution in [3.63, 3.8) is 0 Å². The smallest absolute Gasteiger partial charge is 0.0650 e. The van der Waals surface area contributed by atoms with Crippen LogP contribution >= 0.6 is 0 Å². The predicted molar refractivity (Wildman–Crippen MR) is 62.8 cm³/mol. The van der Waals surface area contributed by atoms with Crippen LogP contribution in [0, 0.1) is 0 Å². The fraction of sp³-hybridized carbons (Fsp3) is 0.250. The predicted octanol–water partition coefficient (Wildman–Crippen LogP) is 2.90. The summed E-state index contributed by atoms with van der Waals surface area (Å²) in [5.41, 5.74) is 3.33. The molecule has 0 spiro atoms. The lowest BCUT2D eigenvalue weighted by molar-refractivity contribution is 0.900. The van der Waals surface area contributed by atoms with Gasteiger partial charge in [0.2, 0.25) is 0 Å². The van der Waals surface area contributed by atoms with Crippen LogP contribution in [-0.2, 0) is 0 Å². The van der Waals surface area contributed by atoms with Crippen LogP contribution in [-0.4, -0.2) is 16.2 Å². The summed E-state index contributed by atoms with van der Waals surface area (Å²) in [7, 11) is 0. The molecule has 3 heteroatoms. The molecule has 0 radical (unpaired) electrons. The molecule has 0 bridgehead atoms. The Balaban J connectivity index is 2.27. The van der Waals surface area contributed by atoms with E-state index in [4.69, 9.17) is 0 Å². The second kappa shape index (κ2) is 4.17. The van der Waals surface area contributed by atoms with Gasteiger partial charge in [0.05, 0.1) is 5.69 Å². The van der Waals surface area contributed by atoms with Gasteiger partial charge in [-0.2, -0.15) is 5.10 Å². The van der Waals surface area contributed by atoms with Gasteiger partial charge in [-0.3, -0.25) is 5.10 Å². The third kappa shape index (κ3) is 2.37. The fourth-order valence-corrected chi connectivity index (χ4v) is 1.53. The summed E-state index contributed by atoms with van der Waals surface area (Å²) < 4.78 is 0. The van der Waals surface area contributed by atoms with Crippen molar-refractivity contribution in [2.24, 2.45) is 0 Å². The maximum Gasteiger partial charge on any atom is 0.0650 e. The molecule has 0 fully saturated rings. The van der Waals surface area contributed by atoms with Crippen molar-refractivity contribution in [2.75, 3.05) is 5.32 Å². The summed E-state index contributed by atoms with van der Waals surface area (Å²) in [6, 6.07) is 10.7. The lowest BCUT2D eigenvalue weighted by Gasteiger charge is -2.10. The number of benzene rings is 1. The van der Waals surface area contributed by atoms with Crippen LogP contribution in [0.15, 0.2) is 36.5 Å². The van der Waals surface area contributed by atoms with Crippen molar-refractivity contribution in [1.82, 2.24) is 10.2 Å². The third-order valence-corrected chi connectivity index (χ3v) is 2.13. The number of nitrogens with zero attached hydrogens (tertiary/aromatic N) is 1. The van der Waals surface area contributed by atoms with Gasteiger partial charge in [-0.25, -0.2) is 0 Å². The first-order valence-corrected chi connectivity index (χ1v) is 5.12. The van der Waals surface area contributed by atoms with Gasteiger partial charge >= 0.3 is 0 Å². The molecule has 1 heterocycles. The highest BCUT2D eigenvalue weighted by atomic mass is 15.1. The molecule has 0 atom stereocenters. The van der Waals surface area contributed by atoms with E-state index in [1.807, 2.05) is 12.1 Å². The highest BCUT2D eigenvalue weighted by Crippen LogP contribution is 2.20. The monoisotopic (exact) mass is 201 g/mol. The van der Waals surface area contributed by atoms with E-state index in [1.165, 1.54) is 0 Å².